The molecular formula is C16H22N2O. The molecule has 0 bridgehead atoms. The summed E-state index contributed by atoms with van der Waals surface area (Å²) in [7, 11) is 2.09. The minimum Gasteiger partial charge on any atom is -0.392 e. The van der Waals surface area contributed by atoms with Crippen LogP contribution in [0, 0.1) is 5.41 Å². The number of hydrogen-bond acceptors (Lipinski definition) is 2. The summed E-state index contributed by atoms with van der Waals surface area (Å²) in [5.74, 6) is 0. The Morgan fingerprint density at radius 3 is 2.79 bits per heavy atom. The van der Waals surface area contributed by atoms with E-state index in [9.17, 15) is 5.11 Å². The number of nitrogens with one attached hydrogen (secondary N) is 1. The highest BCUT2D eigenvalue weighted by Crippen LogP contribution is 2.40. The van der Waals surface area contributed by atoms with Crippen molar-refractivity contribution >= 4 is 10.9 Å². The van der Waals surface area contributed by atoms with Crippen LogP contribution in [0.5, 0.6) is 0 Å². The molecule has 1 aromatic carbocycles. The summed E-state index contributed by atoms with van der Waals surface area (Å²) in [4.78, 5) is 0. The Hall–Kier alpha value is -1.32. The third-order valence-corrected chi connectivity index (χ3v) is 4.73. The molecule has 0 aliphatic heterocycles. The van der Waals surface area contributed by atoms with Crippen LogP contribution in [0.4, 0.5) is 0 Å². The number of aryl methyl sites for hydroxylation is 1. The van der Waals surface area contributed by atoms with Gasteiger partial charge in [-0.1, -0.05) is 32.0 Å². The number of hydrogen-bond donors (Lipinski definition) is 2. The molecule has 3 heteroatoms. The van der Waals surface area contributed by atoms with Crippen molar-refractivity contribution in [3.63, 3.8) is 0 Å². The molecule has 1 saturated carbocycles. The van der Waals surface area contributed by atoms with Crippen LogP contribution in [-0.2, 0) is 13.6 Å². The number of nitrogens with zero attached hydrogens (tertiary/aromatic N) is 1. The molecule has 1 aliphatic carbocycles. The molecule has 19 heavy (non-hydrogen) atoms. The van der Waals surface area contributed by atoms with Crippen LogP contribution in [-0.4, -0.2) is 21.8 Å². The molecule has 1 heterocycles. The maximum Gasteiger partial charge on any atom is 0.0621 e. The molecule has 1 aromatic heterocycles. The van der Waals surface area contributed by atoms with Gasteiger partial charge in [0.15, 0.2) is 0 Å². The highest BCUT2D eigenvalue weighted by Gasteiger charge is 2.46. The van der Waals surface area contributed by atoms with Crippen LogP contribution in [0.3, 0.4) is 0 Å². The first-order chi connectivity index (χ1) is 9.00. The zero-order valence-electron chi connectivity index (χ0n) is 11.9. The van der Waals surface area contributed by atoms with E-state index in [2.05, 4.69) is 61.2 Å². The molecule has 3 nitrogen and oxygen atoms in total. The average Bonchev–Trinajstić information content (AvgIpc) is 2.72. The zero-order chi connectivity index (χ0) is 13.6. The lowest BCUT2D eigenvalue weighted by Gasteiger charge is -2.49. The summed E-state index contributed by atoms with van der Waals surface area (Å²) in [6.45, 7) is 5.12. The summed E-state index contributed by atoms with van der Waals surface area (Å²) in [5, 5.41) is 14.7. The van der Waals surface area contributed by atoms with Crippen LogP contribution in [0.1, 0.15) is 25.8 Å². The fourth-order valence-corrected chi connectivity index (χ4v) is 3.05. The summed E-state index contributed by atoms with van der Waals surface area (Å²) < 4.78 is 2.17. The lowest BCUT2D eigenvalue weighted by atomic mass is 9.64. The summed E-state index contributed by atoms with van der Waals surface area (Å²) in [6.07, 6.45) is 2.88. The molecule has 0 amide bonds. The molecule has 2 atom stereocenters. The second-order valence-electron chi connectivity index (χ2n) is 6.29. The van der Waals surface area contributed by atoms with Gasteiger partial charge >= 0.3 is 0 Å². The molecule has 1 fully saturated rings. The maximum atomic E-state index is 9.78. The van der Waals surface area contributed by atoms with Gasteiger partial charge in [0.25, 0.3) is 0 Å². The Bertz CT molecular complexity index is 600. The Balaban J connectivity index is 1.76. The van der Waals surface area contributed by atoms with Gasteiger partial charge in [-0.2, -0.15) is 0 Å². The first-order valence-electron chi connectivity index (χ1n) is 6.94. The first kappa shape index (κ1) is 12.7. The zero-order valence-corrected chi connectivity index (χ0v) is 11.9. The Kier molecular flexibility index (Phi) is 2.91. The van der Waals surface area contributed by atoms with E-state index in [1.165, 1.54) is 16.5 Å². The summed E-state index contributed by atoms with van der Waals surface area (Å²) >= 11 is 0. The SMILES string of the molecule is Cn1cc(CNC2CC(O)C2(C)C)c2ccccc21. The fourth-order valence-electron chi connectivity index (χ4n) is 3.05. The van der Waals surface area contributed by atoms with E-state index in [1.807, 2.05) is 0 Å². The van der Waals surface area contributed by atoms with Crippen molar-refractivity contribution in [3.8, 4) is 0 Å². The van der Waals surface area contributed by atoms with E-state index in [-0.39, 0.29) is 11.5 Å². The van der Waals surface area contributed by atoms with Crippen LogP contribution < -0.4 is 5.32 Å². The van der Waals surface area contributed by atoms with Gasteiger partial charge in [0.1, 0.15) is 0 Å². The van der Waals surface area contributed by atoms with E-state index in [4.69, 9.17) is 0 Å². The van der Waals surface area contributed by atoms with Crippen LogP contribution in [0.15, 0.2) is 30.5 Å². The molecule has 0 radical (unpaired) electrons. The highest BCUT2D eigenvalue weighted by atomic mass is 16.3. The third-order valence-electron chi connectivity index (χ3n) is 4.73. The Labute approximate surface area is 114 Å². The number of benzene rings is 1. The van der Waals surface area contributed by atoms with Gasteiger partial charge in [-0.3, -0.25) is 0 Å². The van der Waals surface area contributed by atoms with Gasteiger partial charge in [0.05, 0.1) is 6.10 Å². The molecule has 3 rings (SSSR count). The standard InChI is InChI=1S/C16H22N2O/c1-16(2)14(8-15(16)19)17-9-11-10-18(3)13-7-5-4-6-12(11)13/h4-7,10,14-15,17,19H,8-9H2,1-3H3. The molecule has 1 aliphatic rings. The topological polar surface area (TPSA) is 37.2 Å². The highest BCUT2D eigenvalue weighted by molar-refractivity contribution is 5.83. The Morgan fingerprint density at radius 1 is 1.37 bits per heavy atom. The Morgan fingerprint density at radius 2 is 2.11 bits per heavy atom. The minimum atomic E-state index is -0.169. The van der Waals surface area contributed by atoms with Crippen molar-refractivity contribution in [2.75, 3.05) is 0 Å². The molecule has 0 spiro atoms. The number of aliphatic hydroxyl groups is 1. The second-order valence-corrected chi connectivity index (χ2v) is 6.29. The van der Waals surface area contributed by atoms with Gasteiger partial charge in [-0.25, -0.2) is 0 Å². The number of fused-ring (bicyclic) bond motifs is 1. The van der Waals surface area contributed by atoms with E-state index in [0.29, 0.717) is 6.04 Å². The number of aliphatic hydroxyl groups excluding tert-OH is 1. The number of aromatic nitrogens is 1. The number of para-hydroxylation sites is 1. The van der Waals surface area contributed by atoms with Gasteiger partial charge in [-0.15, -0.1) is 0 Å². The van der Waals surface area contributed by atoms with Crippen LogP contribution in [0.2, 0.25) is 0 Å². The van der Waals surface area contributed by atoms with Crippen molar-refractivity contribution in [1.82, 2.24) is 9.88 Å². The quantitative estimate of drug-likeness (QED) is 0.887. The molecular weight excluding hydrogens is 236 g/mol. The molecule has 102 valence electrons. The van der Waals surface area contributed by atoms with Crippen molar-refractivity contribution in [1.29, 1.82) is 0 Å². The van der Waals surface area contributed by atoms with Gasteiger partial charge in [0.2, 0.25) is 0 Å². The predicted octanol–water partition coefficient (Wildman–Crippen LogP) is 2.43. The van der Waals surface area contributed by atoms with Crippen LogP contribution >= 0.6 is 0 Å². The largest absolute Gasteiger partial charge is 0.392 e. The van der Waals surface area contributed by atoms with E-state index < -0.39 is 0 Å². The monoisotopic (exact) mass is 258 g/mol. The third kappa shape index (κ3) is 1.97. The van der Waals surface area contributed by atoms with Crippen molar-refractivity contribution in [3.05, 3.63) is 36.0 Å². The minimum absolute atomic E-state index is 0.00934. The normalized spacial score (nSPS) is 25.5. The van der Waals surface area contributed by atoms with Gasteiger partial charge in [-0.05, 0) is 18.1 Å². The predicted molar refractivity (Wildman–Crippen MR) is 78.0 cm³/mol. The lowest BCUT2D eigenvalue weighted by Crippen LogP contribution is -2.59. The fraction of sp³-hybridized carbons (Fsp3) is 0.500. The van der Waals surface area contributed by atoms with Crippen LogP contribution in [0.25, 0.3) is 10.9 Å². The van der Waals surface area contributed by atoms with E-state index >= 15 is 0 Å². The van der Waals surface area contributed by atoms with Gasteiger partial charge in [0, 0.05) is 42.1 Å². The number of rotatable bonds is 3. The second kappa shape index (κ2) is 4.36. The van der Waals surface area contributed by atoms with Crippen molar-refractivity contribution < 1.29 is 5.11 Å². The van der Waals surface area contributed by atoms with Gasteiger partial charge < -0.3 is 15.0 Å². The van der Waals surface area contributed by atoms with E-state index in [1.54, 1.807) is 0 Å². The van der Waals surface area contributed by atoms with Crippen molar-refractivity contribution in [2.24, 2.45) is 12.5 Å². The smallest absolute Gasteiger partial charge is 0.0621 e. The average molecular weight is 258 g/mol. The molecule has 2 N–H and O–H groups in total. The summed E-state index contributed by atoms with van der Waals surface area (Å²) in [6, 6.07) is 8.89. The molecule has 2 unspecified atom stereocenters. The summed E-state index contributed by atoms with van der Waals surface area (Å²) in [5.41, 5.74) is 2.59. The maximum absolute atomic E-state index is 9.78. The lowest BCUT2D eigenvalue weighted by molar-refractivity contribution is -0.0729. The van der Waals surface area contributed by atoms with E-state index in [0.717, 1.165) is 13.0 Å². The first-order valence-corrected chi connectivity index (χ1v) is 6.94. The molecule has 2 aromatic rings. The molecule has 0 saturated heterocycles. The van der Waals surface area contributed by atoms with Crippen molar-refractivity contribution in [2.45, 2.75) is 39.0 Å².